The summed E-state index contributed by atoms with van der Waals surface area (Å²) in [5.41, 5.74) is 2.29. The number of hydrogen-bond donors (Lipinski definition) is 0. The van der Waals surface area contributed by atoms with Crippen molar-refractivity contribution in [2.75, 3.05) is 26.8 Å². The minimum Gasteiger partial charge on any atom is -0.383 e. The van der Waals surface area contributed by atoms with Gasteiger partial charge in [-0.2, -0.15) is 0 Å². The molecule has 3 rings (SSSR count). The van der Waals surface area contributed by atoms with E-state index in [-0.39, 0.29) is 10.6 Å². The van der Waals surface area contributed by atoms with Gasteiger partial charge in [-0.25, -0.2) is 0 Å². The van der Waals surface area contributed by atoms with E-state index in [1.54, 1.807) is 19.2 Å². The Hall–Kier alpha value is -1.92. The largest absolute Gasteiger partial charge is 0.383 e. The summed E-state index contributed by atoms with van der Waals surface area (Å²) in [6.45, 7) is 4.48. The van der Waals surface area contributed by atoms with Crippen LogP contribution < -0.4 is 0 Å². The van der Waals surface area contributed by atoms with E-state index in [0.717, 1.165) is 30.5 Å². The molecule has 1 aliphatic heterocycles. The van der Waals surface area contributed by atoms with Gasteiger partial charge in [0.15, 0.2) is 0 Å². The molecule has 22 heavy (non-hydrogen) atoms. The molecule has 0 amide bonds. The average Bonchev–Trinajstić information content (AvgIpc) is 3.13. The third-order valence-electron chi connectivity index (χ3n) is 4.29. The Morgan fingerprint density at radius 2 is 2.09 bits per heavy atom. The van der Waals surface area contributed by atoms with Crippen LogP contribution in [-0.4, -0.2) is 41.2 Å². The first-order chi connectivity index (χ1) is 10.7. The number of benzene rings is 1. The summed E-state index contributed by atoms with van der Waals surface area (Å²) in [5.74, 6) is 0. The van der Waals surface area contributed by atoms with Gasteiger partial charge in [0, 0.05) is 43.9 Å². The Kier molecular flexibility index (Phi) is 4.40. The van der Waals surface area contributed by atoms with Crippen LogP contribution in [0.4, 0.5) is 5.69 Å². The molecule has 0 spiro atoms. The molecule has 0 N–H and O–H groups in total. The van der Waals surface area contributed by atoms with Crippen molar-refractivity contribution in [3.05, 3.63) is 40.1 Å². The van der Waals surface area contributed by atoms with E-state index < -0.39 is 0 Å². The fourth-order valence-corrected chi connectivity index (χ4v) is 3.15. The van der Waals surface area contributed by atoms with Crippen LogP contribution in [0.3, 0.4) is 0 Å². The fourth-order valence-electron chi connectivity index (χ4n) is 3.15. The number of hydrogen-bond acceptors (Lipinski definition) is 4. The van der Waals surface area contributed by atoms with Gasteiger partial charge in [0.25, 0.3) is 5.69 Å². The molecule has 0 aliphatic carbocycles. The van der Waals surface area contributed by atoms with Gasteiger partial charge in [0.05, 0.1) is 17.0 Å². The number of aromatic nitrogens is 1. The van der Waals surface area contributed by atoms with Gasteiger partial charge in [-0.1, -0.05) is 0 Å². The zero-order valence-electron chi connectivity index (χ0n) is 12.8. The van der Waals surface area contributed by atoms with Crippen LogP contribution in [0.1, 0.15) is 18.4 Å². The van der Waals surface area contributed by atoms with Gasteiger partial charge in [-0.05, 0) is 37.6 Å². The van der Waals surface area contributed by atoms with E-state index in [1.807, 2.05) is 6.07 Å². The molecular weight excluding hydrogens is 282 g/mol. The molecule has 0 radical (unpaired) electrons. The first kappa shape index (κ1) is 15.0. The molecule has 2 aromatic rings. The summed E-state index contributed by atoms with van der Waals surface area (Å²) < 4.78 is 7.22. The highest BCUT2D eigenvalue weighted by molar-refractivity contribution is 5.86. The molecule has 1 aliphatic rings. The lowest BCUT2D eigenvalue weighted by atomic mass is 10.1. The first-order valence-corrected chi connectivity index (χ1v) is 7.66. The van der Waals surface area contributed by atoms with Gasteiger partial charge < -0.3 is 9.30 Å². The minimum absolute atomic E-state index is 0.136. The normalized spacial score (nSPS) is 15.7. The lowest BCUT2D eigenvalue weighted by Crippen LogP contribution is -2.18. The molecule has 0 bridgehead atoms. The summed E-state index contributed by atoms with van der Waals surface area (Å²) in [4.78, 5) is 13.1. The number of fused-ring (bicyclic) bond motifs is 1. The fraction of sp³-hybridized carbons (Fsp3) is 0.500. The Morgan fingerprint density at radius 1 is 1.32 bits per heavy atom. The maximum absolute atomic E-state index is 11.0. The predicted molar refractivity (Wildman–Crippen MR) is 85.0 cm³/mol. The zero-order chi connectivity index (χ0) is 15.5. The van der Waals surface area contributed by atoms with Crippen molar-refractivity contribution in [3.63, 3.8) is 0 Å². The van der Waals surface area contributed by atoms with Crippen molar-refractivity contribution in [3.8, 4) is 0 Å². The van der Waals surface area contributed by atoms with Crippen LogP contribution >= 0.6 is 0 Å². The van der Waals surface area contributed by atoms with Gasteiger partial charge in [-0.3, -0.25) is 15.0 Å². The number of non-ortho nitro benzene ring substituents is 1. The molecule has 2 heterocycles. The molecule has 0 unspecified atom stereocenters. The Balaban J connectivity index is 1.98. The second-order valence-corrected chi connectivity index (χ2v) is 5.78. The van der Waals surface area contributed by atoms with E-state index >= 15 is 0 Å². The monoisotopic (exact) mass is 303 g/mol. The summed E-state index contributed by atoms with van der Waals surface area (Å²) in [7, 11) is 1.67. The molecule has 0 saturated carbocycles. The summed E-state index contributed by atoms with van der Waals surface area (Å²) >= 11 is 0. The highest BCUT2D eigenvalue weighted by atomic mass is 16.6. The van der Waals surface area contributed by atoms with Gasteiger partial charge >= 0.3 is 0 Å². The Bertz CT molecular complexity index is 675. The van der Waals surface area contributed by atoms with Crippen LogP contribution in [0.25, 0.3) is 10.9 Å². The van der Waals surface area contributed by atoms with Crippen molar-refractivity contribution in [2.24, 2.45) is 0 Å². The number of nitro benzene ring substituents is 1. The number of nitrogens with zero attached hydrogens (tertiary/aromatic N) is 3. The van der Waals surface area contributed by atoms with Gasteiger partial charge in [0.2, 0.25) is 0 Å². The van der Waals surface area contributed by atoms with E-state index in [4.69, 9.17) is 4.74 Å². The van der Waals surface area contributed by atoms with Crippen molar-refractivity contribution in [1.82, 2.24) is 9.47 Å². The molecule has 1 saturated heterocycles. The van der Waals surface area contributed by atoms with Gasteiger partial charge in [-0.15, -0.1) is 0 Å². The second kappa shape index (κ2) is 6.46. The maximum Gasteiger partial charge on any atom is 0.271 e. The number of nitro groups is 1. The highest BCUT2D eigenvalue weighted by Gasteiger charge is 2.17. The number of ether oxygens (including phenoxy) is 1. The average molecular weight is 303 g/mol. The first-order valence-electron chi connectivity index (χ1n) is 7.66. The smallest absolute Gasteiger partial charge is 0.271 e. The molecular formula is C16H21N3O3. The predicted octanol–water partition coefficient (Wildman–Crippen LogP) is 2.79. The van der Waals surface area contributed by atoms with Crippen LogP contribution in [0.15, 0.2) is 24.4 Å². The lowest BCUT2D eigenvalue weighted by molar-refractivity contribution is -0.384. The van der Waals surface area contributed by atoms with Crippen LogP contribution in [0, 0.1) is 10.1 Å². The molecule has 1 aromatic carbocycles. The summed E-state index contributed by atoms with van der Waals surface area (Å²) in [6.07, 6.45) is 4.63. The van der Waals surface area contributed by atoms with E-state index in [9.17, 15) is 10.1 Å². The number of methoxy groups -OCH3 is 1. The lowest BCUT2D eigenvalue weighted by Gasteiger charge is -2.13. The standard InChI is InChI=1S/C16H21N3O3/c1-22-9-8-18-12-13(11-17-6-2-3-7-17)15-5-4-14(19(20)21)10-16(15)18/h4-5,10,12H,2-3,6-9,11H2,1H3. The van der Waals surface area contributed by atoms with Crippen LogP contribution in [-0.2, 0) is 17.8 Å². The Morgan fingerprint density at radius 3 is 2.77 bits per heavy atom. The SMILES string of the molecule is COCCn1cc(CN2CCCC2)c2ccc([N+](=O)[O-])cc21. The van der Waals surface area contributed by atoms with Crippen LogP contribution in [0.5, 0.6) is 0 Å². The van der Waals surface area contributed by atoms with Gasteiger partial charge in [0.1, 0.15) is 0 Å². The van der Waals surface area contributed by atoms with Crippen LogP contribution in [0.2, 0.25) is 0 Å². The summed E-state index contributed by atoms with van der Waals surface area (Å²) in [6, 6.07) is 5.14. The Labute approximate surface area is 129 Å². The molecule has 0 atom stereocenters. The van der Waals surface area contributed by atoms with Crippen molar-refractivity contribution in [2.45, 2.75) is 25.9 Å². The molecule has 1 fully saturated rings. The third kappa shape index (κ3) is 2.98. The van der Waals surface area contributed by atoms with Crippen molar-refractivity contribution >= 4 is 16.6 Å². The molecule has 118 valence electrons. The minimum atomic E-state index is -0.340. The molecule has 6 heteroatoms. The van der Waals surface area contributed by atoms with E-state index in [1.165, 1.54) is 18.4 Å². The zero-order valence-corrected chi connectivity index (χ0v) is 12.8. The topological polar surface area (TPSA) is 60.5 Å². The number of likely N-dealkylation sites (tertiary alicyclic amines) is 1. The quantitative estimate of drug-likeness (QED) is 0.608. The second-order valence-electron chi connectivity index (χ2n) is 5.78. The highest BCUT2D eigenvalue weighted by Crippen LogP contribution is 2.27. The van der Waals surface area contributed by atoms with E-state index in [0.29, 0.717) is 13.2 Å². The maximum atomic E-state index is 11.0. The third-order valence-corrected chi connectivity index (χ3v) is 4.29. The van der Waals surface area contributed by atoms with Crippen molar-refractivity contribution < 1.29 is 9.66 Å². The van der Waals surface area contributed by atoms with E-state index in [2.05, 4.69) is 15.7 Å². The summed E-state index contributed by atoms with van der Waals surface area (Å²) in [5, 5.41) is 12.1. The number of rotatable bonds is 6. The molecule has 6 nitrogen and oxygen atoms in total. The van der Waals surface area contributed by atoms with Crippen molar-refractivity contribution in [1.29, 1.82) is 0 Å². The molecule has 1 aromatic heterocycles.